The minimum Gasteiger partial charge on any atom is -0.497 e. The normalized spacial score (nSPS) is 13.5. The lowest BCUT2D eigenvalue weighted by atomic mass is 10.2. The van der Waals surface area contributed by atoms with Crippen LogP contribution in [0.1, 0.15) is 18.4 Å². The number of anilines is 2. The fraction of sp³-hybridized carbons (Fsp3) is 0.269. The number of para-hydroxylation sites is 1. The lowest BCUT2D eigenvalue weighted by Gasteiger charge is -2.24. The number of hydrogen-bond donors (Lipinski definition) is 1. The summed E-state index contributed by atoms with van der Waals surface area (Å²) in [5.41, 5.74) is 2.57. The van der Waals surface area contributed by atoms with Gasteiger partial charge < -0.3 is 15.0 Å². The number of ether oxygens (including phenoxy) is 1. The first kappa shape index (κ1) is 23.6. The number of hydrogen-bond acceptors (Lipinski definition) is 5. The predicted molar refractivity (Wildman–Crippen MR) is 134 cm³/mol. The molecule has 0 aromatic heterocycles. The van der Waals surface area contributed by atoms with Crippen LogP contribution in [0.4, 0.5) is 11.4 Å². The number of nitrogens with one attached hydrogen (secondary N) is 1. The minimum atomic E-state index is -3.96. The molecule has 0 aliphatic carbocycles. The molecule has 0 unspecified atom stereocenters. The van der Waals surface area contributed by atoms with Crippen LogP contribution >= 0.6 is 0 Å². The zero-order valence-electron chi connectivity index (χ0n) is 19.2. The van der Waals surface area contributed by atoms with E-state index in [2.05, 4.69) is 22.3 Å². The smallest absolute Gasteiger partial charge is 0.264 e. The van der Waals surface area contributed by atoms with Crippen molar-refractivity contribution >= 4 is 27.3 Å². The third-order valence-corrected chi connectivity index (χ3v) is 7.66. The van der Waals surface area contributed by atoms with Gasteiger partial charge in [-0.1, -0.05) is 30.3 Å². The third kappa shape index (κ3) is 5.51. The van der Waals surface area contributed by atoms with Gasteiger partial charge in [-0.05, 0) is 66.9 Å². The quantitative estimate of drug-likeness (QED) is 0.505. The fourth-order valence-corrected chi connectivity index (χ4v) is 5.39. The lowest BCUT2D eigenvalue weighted by Crippen LogP contribution is -2.40. The van der Waals surface area contributed by atoms with Crippen LogP contribution < -0.4 is 19.3 Å². The second-order valence-corrected chi connectivity index (χ2v) is 10.0. The Kier molecular flexibility index (Phi) is 7.37. The van der Waals surface area contributed by atoms with Crippen molar-refractivity contribution in [2.45, 2.75) is 24.3 Å². The molecule has 1 aliphatic rings. The molecular formula is C26H29N3O4S. The fourth-order valence-electron chi connectivity index (χ4n) is 3.97. The van der Waals surface area contributed by atoms with Crippen LogP contribution in [0, 0.1) is 0 Å². The van der Waals surface area contributed by atoms with Crippen LogP contribution in [0.25, 0.3) is 0 Å². The van der Waals surface area contributed by atoms with Gasteiger partial charge in [0.15, 0.2) is 0 Å². The van der Waals surface area contributed by atoms with Gasteiger partial charge in [0.25, 0.3) is 10.0 Å². The van der Waals surface area contributed by atoms with Gasteiger partial charge in [0.1, 0.15) is 12.3 Å². The van der Waals surface area contributed by atoms with E-state index >= 15 is 0 Å². The van der Waals surface area contributed by atoms with Crippen molar-refractivity contribution in [3.05, 3.63) is 84.4 Å². The average Bonchev–Trinajstić information content (AvgIpc) is 3.42. The van der Waals surface area contributed by atoms with Gasteiger partial charge in [-0.25, -0.2) is 8.42 Å². The first-order valence-corrected chi connectivity index (χ1v) is 12.7. The molecule has 0 spiro atoms. The Balaban J connectivity index is 1.46. The van der Waals surface area contributed by atoms with Crippen molar-refractivity contribution in [3.63, 3.8) is 0 Å². The zero-order chi connectivity index (χ0) is 24.0. The maximum absolute atomic E-state index is 13.4. The minimum absolute atomic E-state index is 0.0856. The van der Waals surface area contributed by atoms with Crippen molar-refractivity contribution in [2.24, 2.45) is 0 Å². The second-order valence-electron chi connectivity index (χ2n) is 8.16. The summed E-state index contributed by atoms with van der Waals surface area (Å²) in [6.45, 7) is 2.15. The molecule has 3 aromatic carbocycles. The summed E-state index contributed by atoms with van der Waals surface area (Å²) < 4.78 is 33.1. The molecule has 4 rings (SSSR count). The number of sulfonamides is 1. The molecule has 8 heteroatoms. The second kappa shape index (κ2) is 10.6. The molecule has 1 saturated heterocycles. The Morgan fingerprint density at radius 2 is 1.59 bits per heavy atom. The van der Waals surface area contributed by atoms with E-state index in [-0.39, 0.29) is 17.3 Å². The molecule has 0 radical (unpaired) electrons. The molecule has 0 atom stereocenters. The summed E-state index contributed by atoms with van der Waals surface area (Å²) in [5.74, 6) is 0.170. The summed E-state index contributed by atoms with van der Waals surface area (Å²) in [7, 11) is -2.44. The van der Waals surface area contributed by atoms with Gasteiger partial charge in [-0.2, -0.15) is 0 Å². The molecular weight excluding hydrogens is 450 g/mol. The number of carbonyl (C=O) groups is 1. The highest BCUT2D eigenvalue weighted by atomic mass is 32.2. The molecule has 0 bridgehead atoms. The highest BCUT2D eigenvalue weighted by Crippen LogP contribution is 2.25. The molecule has 1 heterocycles. The van der Waals surface area contributed by atoms with Crippen LogP contribution in [0.15, 0.2) is 83.8 Å². The Bertz CT molecular complexity index is 1190. The van der Waals surface area contributed by atoms with E-state index in [0.29, 0.717) is 18.0 Å². The number of amides is 1. The van der Waals surface area contributed by atoms with Gasteiger partial charge in [-0.3, -0.25) is 9.10 Å². The van der Waals surface area contributed by atoms with Crippen LogP contribution in [0.2, 0.25) is 0 Å². The van der Waals surface area contributed by atoms with Crippen molar-refractivity contribution in [3.8, 4) is 5.75 Å². The van der Waals surface area contributed by atoms with Crippen LogP contribution in [-0.4, -0.2) is 41.1 Å². The van der Waals surface area contributed by atoms with E-state index in [0.717, 1.165) is 23.0 Å². The largest absolute Gasteiger partial charge is 0.497 e. The summed E-state index contributed by atoms with van der Waals surface area (Å²) in [5, 5.41) is 2.85. The van der Waals surface area contributed by atoms with E-state index in [1.165, 1.54) is 37.8 Å². The van der Waals surface area contributed by atoms with Crippen LogP contribution in [0.3, 0.4) is 0 Å². The maximum Gasteiger partial charge on any atom is 0.264 e. The highest BCUT2D eigenvalue weighted by molar-refractivity contribution is 7.92. The first-order valence-electron chi connectivity index (χ1n) is 11.3. The SMILES string of the molecule is COc1ccc(S(=O)(=O)N(CC(=O)NCc2ccc(N3CCCC3)cc2)c2ccccc2)cc1. The number of nitrogens with zero attached hydrogens (tertiary/aromatic N) is 2. The Morgan fingerprint density at radius 3 is 2.21 bits per heavy atom. The lowest BCUT2D eigenvalue weighted by molar-refractivity contribution is -0.119. The number of rotatable bonds is 9. The van der Waals surface area contributed by atoms with Gasteiger partial charge in [0.05, 0.1) is 17.7 Å². The number of carbonyl (C=O) groups excluding carboxylic acids is 1. The Morgan fingerprint density at radius 1 is 0.941 bits per heavy atom. The van der Waals surface area contributed by atoms with E-state index in [1.807, 2.05) is 12.1 Å². The van der Waals surface area contributed by atoms with Crippen LogP contribution in [0.5, 0.6) is 5.75 Å². The molecule has 34 heavy (non-hydrogen) atoms. The van der Waals surface area contributed by atoms with Gasteiger partial charge >= 0.3 is 0 Å². The molecule has 0 saturated carbocycles. The molecule has 1 N–H and O–H groups in total. The van der Waals surface area contributed by atoms with Crippen molar-refractivity contribution in [1.29, 1.82) is 0 Å². The third-order valence-electron chi connectivity index (χ3n) is 5.88. The Hall–Kier alpha value is -3.52. The van der Waals surface area contributed by atoms with E-state index in [1.54, 1.807) is 42.5 Å². The number of benzene rings is 3. The molecule has 3 aromatic rings. The summed E-state index contributed by atoms with van der Waals surface area (Å²) in [6, 6.07) is 22.9. The molecule has 1 amide bonds. The van der Waals surface area contributed by atoms with Crippen molar-refractivity contribution in [1.82, 2.24) is 5.32 Å². The van der Waals surface area contributed by atoms with Crippen LogP contribution in [-0.2, 0) is 21.4 Å². The van der Waals surface area contributed by atoms with Gasteiger partial charge in [0.2, 0.25) is 5.91 Å². The van der Waals surface area contributed by atoms with Gasteiger partial charge in [0, 0.05) is 25.3 Å². The molecule has 7 nitrogen and oxygen atoms in total. The average molecular weight is 480 g/mol. The summed E-state index contributed by atoms with van der Waals surface area (Å²) in [6.07, 6.45) is 2.43. The Labute approximate surface area is 201 Å². The monoisotopic (exact) mass is 479 g/mol. The van der Waals surface area contributed by atoms with Gasteiger partial charge in [-0.15, -0.1) is 0 Å². The summed E-state index contributed by atoms with van der Waals surface area (Å²) >= 11 is 0. The standard InChI is InChI=1S/C26H29N3O4S/c1-33-24-13-15-25(16-14-24)34(31,32)29(23-7-3-2-4-8-23)20-26(30)27-19-21-9-11-22(12-10-21)28-17-5-6-18-28/h2-4,7-16H,5-6,17-20H2,1H3,(H,27,30). The topological polar surface area (TPSA) is 79.0 Å². The molecule has 1 fully saturated rings. The number of methoxy groups -OCH3 is 1. The first-order chi connectivity index (χ1) is 16.5. The van der Waals surface area contributed by atoms with Crippen molar-refractivity contribution < 1.29 is 17.9 Å². The van der Waals surface area contributed by atoms with E-state index in [9.17, 15) is 13.2 Å². The molecule has 1 aliphatic heterocycles. The van der Waals surface area contributed by atoms with E-state index in [4.69, 9.17) is 4.74 Å². The summed E-state index contributed by atoms with van der Waals surface area (Å²) in [4.78, 5) is 15.2. The highest BCUT2D eigenvalue weighted by Gasteiger charge is 2.27. The molecule has 178 valence electrons. The zero-order valence-corrected chi connectivity index (χ0v) is 20.0. The maximum atomic E-state index is 13.4. The predicted octanol–water partition coefficient (Wildman–Crippen LogP) is 3.81. The van der Waals surface area contributed by atoms with Crippen molar-refractivity contribution in [2.75, 3.05) is 35.9 Å². The van der Waals surface area contributed by atoms with E-state index < -0.39 is 10.0 Å².